The van der Waals surface area contributed by atoms with E-state index in [9.17, 15) is 0 Å². The second-order valence-corrected chi connectivity index (χ2v) is 4.15. The Kier molecular flexibility index (Phi) is 2.58. The number of nitrogens with two attached hydrogens (primary N) is 1. The normalized spacial score (nSPS) is 20.6. The van der Waals surface area contributed by atoms with E-state index in [0.717, 1.165) is 24.3 Å². The molecular weight excluding hydrogens is 188 g/mol. The van der Waals surface area contributed by atoms with Crippen LogP contribution in [0.1, 0.15) is 18.9 Å². The van der Waals surface area contributed by atoms with Gasteiger partial charge in [0.15, 0.2) is 0 Å². The first-order chi connectivity index (χ1) is 7.18. The number of nitrogen functional groups attached to an aromatic ring is 1. The van der Waals surface area contributed by atoms with Gasteiger partial charge in [0.05, 0.1) is 11.9 Å². The molecule has 1 aliphatic heterocycles. The Balaban J connectivity index is 2.31. The lowest BCUT2D eigenvalue weighted by Crippen LogP contribution is -2.24. The van der Waals surface area contributed by atoms with Crippen molar-refractivity contribution < 1.29 is 0 Å². The average Bonchev–Trinajstić information content (AvgIpc) is 2.65. The number of hydrogen-bond donors (Lipinski definition) is 2. The third-order valence-electron chi connectivity index (χ3n) is 2.85. The lowest BCUT2D eigenvalue weighted by atomic mass is 10.2. The Hall–Kier alpha value is -1.58. The number of nitrogens with one attached hydrogen (secondary N) is 1. The molecule has 1 unspecified atom stereocenters. The van der Waals surface area contributed by atoms with Gasteiger partial charge in [-0.25, -0.2) is 0 Å². The Morgan fingerprint density at radius 3 is 3.07 bits per heavy atom. The van der Waals surface area contributed by atoms with Crippen molar-refractivity contribution in [2.24, 2.45) is 11.7 Å². The van der Waals surface area contributed by atoms with Crippen molar-refractivity contribution in [1.29, 1.82) is 5.41 Å². The van der Waals surface area contributed by atoms with Gasteiger partial charge < -0.3 is 10.6 Å². The molecule has 1 saturated heterocycles. The maximum atomic E-state index is 7.51. The molecule has 0 bridgehead atoms. The van der Waals surface area contributed by atoms with E-state index in [1.54, 1.807) is 18.5 Å². The highest BCUT2D eigenvalue weighted by atomic mass is 15.2. The SMILES string of the molecule is CC1CCN(c2cnccc2C(=N)N)C1. The molecule has 80 valence electrons. The van der Waals surface area contributed by atoms with Crippen LogP contribution in [-0.2, 0) is 0 Å². The summed E-state index contributed by atoms with van der Waals surface area (Å²) in [6, 6.07) is 1.81. The van der Waals surface area contributed by atoms with Gasteiger partial charge in [-0.05, 0) is 18.4 Å². The molecule has 1 atom stereocenters. The predicted molar refractivity (Wildman–Crippen MR) is 61.2 cm³/mol. The van der Waals surface area contributed by atoms with Gasteiger partial charge >= 0.3 is 0 Å². The number of rotatable bonds is 2. The fourth-order valence-corrected chi connectivity index (χ4v) is 2.02. The third kappa shape index (κ3) is 1.93. The monoisotopic (exact) mass is 204 g/mol. The van der Waals surface area contributed by atoms with Gasteiger partial charge in [0.25, 0.3) is 0 Å². The van der Waals surface area contributed by atoms with Crippen molar-refractivity contribution >= 4 is 11.5 Å². The fraction of sp³-hybridized carbons (Fsp3) is 0.455. The molecule has 0 amide bonds. The first-order valence-electron chi connectivity index (χ1n) is 5.22. The molecule has 0 spiro atoms. The summed E-state index contributed by atoms with van der Waals surface area (Å²) < 4.78 is 0. The summed E-state index contributed by atoms with van der Waals surface area (Å²) in [5.74, 6) is 0.831. The van der Waals surface area contributed by atoms with Crippen LogP contribution in [0.2, 0.25) is 0 Å². The summed E-state index contributed by atoms with van der Waals surface area (Å²) in [4.78, 5) is 6.36. The van der Waals surface area contributed by atoms with Gasteiger partial charge in [-0.2, -0.15) is 0 Å². The molecule has 3 N–H and O–H groups in total. The Morgan fingerprint density at radius 2 is 2.47 bits per heavy atom. The van der Waals surface area contributed by atoms with Crippen LogP contribution in [0.5, 0.6) is 0 Å². The zero-order valence-electron chi connectivity index (χ0n) is 8.90. The first kappa shape index (κ1) is 9.96. The fourth-order valence-electron chi connectivity index (χ4n) is 2.02. The molecule has 0 saturated carbocycles. The molecule has 2 heterocycles. The summed E-state index contributed by atoms with van der Waals surface area (Å²) in [6.45, 7) is 4.31. The van der Waals surface area contributed by atoms with Crippen molar-refractivity contribution in [2.45, 2.75) is 13.3 Å². The molecule has 0 aromatic carbocycles. The van der Waals surface area contributed by atoms with Crippen LogP contribution in [0.4, 0.5) is 5.69 Å². The summed E-state index contributed by atoms with van der Waals surface area (Å²) in [6.07, 6.45) is 4.68. The minimum absolute atomic E-state index is 0.118. The Morgan fingerprint density at radius 1 is 1.67 bits per heavy atom. The van der Waals surface area contributed by atoms with Crippen LogP contribution in [0.15, 0.2) is 18.5 Å². The topological polar surface area (TPSA) is 66.0 Å². The van der Waals surface area contributed by atoms with Crippen LogP contribution in [0, 0.1) is 11.3 Å². The van der Waals surface area contributed by atoms with Gasteiger partial charge in [-0.3, -0.25) is 10.4 Å². The molecular formula is C11H16N4. The molecule has 1 aromatic rings. The maximum Gasteiger partial charge on any atom is 0.125 e. The molecule has 2 rings (SSSR count). The van der Waals surface area contributed by atoms with E-state index in [4.69, 9.17) is 11.1 Å². The summed E-state index contributed by atoms with van der Waals surface area (Å²) in [5, 5.41) is 7.51. The number of amidine groups is 1. The minimum atomic E-state index is 0.118. The largest absolute Gasteiger partial charge is 0.384 e. The smallest absolute Gasteiger partial charge is 0.125 e. The highest BCUT2D eigenvalue weighted by Crippen LogP contribution is 2.25. The van der Waals surface area contributed by atoms with Gasteiger partial charge in [0, 0.05) is 24.8 Å². The van der Waals surface area contributed by atoms with Crippen molar-refractivity contribution in [3.63, 3.8) is 0 Å². The number of pyridine rings is 1. The lowest BCUT2D eigenvalue weighted by Gasteiger charge is -2.20. The van der Waals surface area contributed by atoms with Crippen molar-refractivity contribution in [2.75, 3.05) is 18.0 Å². The third-order valence-corrected chi connectivity index (χ3v) is 2.85. The number of hydrogen-bond acceptors (Lipinski definition) is 3. The lowest BCUT2D eigenvalue weighted by molar-refractivity contribution is 0.659. The van der Waals surface area contributed by atoms with E-state index in [-0.39, 0.29) is 5.84 Å². The van der Waals surface area contributed by atoms with E-state index in [1.807, 2.05) is 0 Å². The van der Waals surface area contributed by atoms with Gasteiger partial charge in [0.1, 0.15) is 5.84 Å². The standard InChI is InChI=1S/C11H16N4/c1-8-3-5-15(7-8)10-6-14-4-2-9(10)11(12)13/h2,4,6,8H,3,5,7H2,1H3,(H3,12,13). The Labute approximate surface area is 89.6 Å². The van der Waals surface area contributed by atoms with Gasteiger partial charge in [-0.15, -0.1) is 0 Å². The molecule has 15 heavy (non-hydrogen) atoms. The molecule has 1 aliphatic rings. The second kappa shape index (κ2) is 3.88. The zero-order chi connectivity index (χ0) is 10.8. The molecule has 0 radical (unpaired) electrons. The van der Waals surface area contributed by atoms with Crippen molar-refractivity contribution in [3.05, 3.63) is 24.0 Å². The summed E-state index contributed by atoms with van der Waals surface area (Å²) in [7, 11) is 0. The van der Waals surface area contributed by atoms with Crippen LogP contribution in [0.25, 0.3) is 0 Å². The van der Waals surface area contributed by atoms with E-state index >= 15 is 0 Å². The molecule has 1 aromatic heterocycles. The zero-order valence-corrected chi connectivity index (χ0v) is 8.90. The second-order valence-electron chi connectivity index (χ2n) is 4.15. The van der Waals surface area contributed by atoms with E-state index in [1.165, 1.54) is 6.42 Å². The van der Waals surface area contributed by atoms with Crippen molar-refractivity contribution in [1.82, 2.24) is 4.98 Å². The maximum absolute atomic E-state index is 7.51. The minimum Gasteiger partial charge on any atom is -0.384 e. The van der Waals surface area contributed by atoms with Gasteiger partial charge in [-0.1, -0.05) is 6.92 Å². The quantitative estimate of drug-likeness (QED) is 0.562. The molecule has 0 aliphatic carbocycles. The number of nitrogens with zero attached hydrogens (tertiary/aromatic N) is 2. The first-order valence-corrected chi connectivity index (χ1v) is 5.22. The van der Waals surface area contributed by atoms with Crippen LogP contribution >= 0.6 is 0 Å². The van der Waals surface area contributed by atoms with Crippen LogP contribution < -0.4 is 10.6 Å². The summed E-state index contributed by atoms with van der Waals surface area (Å²) in [5.41, 5.74) is 7.33. The highest BCUT2D eigenvalue weighted by molar-refractivity contribution is 6.00. The van der Waals surface area contributed by atoms with Crippen LogP contribution in [-0.4, -0.2) is 23.9 Å². The van der Waals surface area contributed by atoms with E-state index in [0.29, 0.717) is 5.92 Å². The highest BCUT2D eigenvalue weighted by Gasteiger charge is 2.21. The average molecular weight is 204 g/mol. The van der Waals surface area contributed by atoms with Crippen LogP contribution in [0.3, 0.4) is 0 Å². The van der Waals surface area contributed by atoms with E-state index in [2.05, 4.69) is 16.8 Å². The Bertz CT molecular complexity index is 375. The van der Waals surface area contributed by atoms with E-state index < -0.39 is 0 Å². The molecule has 1 fully saturated rings. The molecule has 4 heteroatoms. The van der Waals surface area contributed by atoms with Gasteiger partial charge in [0.2, 0.25) is 0 Å². The predicted octanol–water partition coefficient (Wildman–Crippen LogP) is 1.21. The van der Waals surface area contributed by atoms with Crippen molar-refractivity contribution in [3.8, 4) is 0 Å². The number of aromatic nitrogens is 1. The number of anilines is 1. The summed E-state index contributed by atoms with van der Waals surface area (Å²) >= 11 is 0. The molecule has 4 nitrogen and oxygen atoms in total.